The van der Waals surface area contributed by atoms with Crippen LogP contribution in [0.3, 0.4) is 0 Å². The molecule has 0 saturated heterocycles. The summed E-state index contributed by atoms with van der Waals surface area (Å²) in [6, 6.07) is 0.660. The fourth-order valence-corrected chi connectivity index (χ4v) is 1.57. The van der Waals surface area contributed by atoms with Gasteiger partial charge in [-0.25, -0.2) is 0 Å². The third-order valence-corrected chi connectivity index (χ3v) is 2.72. The normalized spacial score (nSPS) is 15.4. The second kappa shape index (κ2) is 9.47. The van der Waals surface area contributed by atoms with Gasteiger partial charge in [-0.2, -0.15) is 0 Å². The summed E-state index contributed by atoms with van der Waals surface area (Å²) in [7, 11) is 1.76. The van der Waals surface area contributed by atoms with Gasteiger partial charge in [-0.3, -0.25) is 0 Å². The smallest absolute Gasteiger partial charge is 0.0462 e. The number of unbranched alkanes of at least 4 members (excludes halogenated alkanes) is 1. The molecule has 0 spiro atoms. The van der Waals surface area contributed by atoms with Gasteiger partial charge in [0.15, 0.2) is 0 Å². The van der Waals surface area contributed by atoms with Crippen LogP contribution < -0.4 is 5.32 Å². The zero-order valence-corrected chi connectivity index (χ0v) is 10.3. The largest absolute Gasteiger partial charge is 0.385 e. The monoisotopic (exact) mass is 201 g/mol. The molecule has 0 aliphatic rings. The molecule has 0 rings (SSSR count). The standard InChI is InChI=1S/C12H27NO/c1-5-11(2)10-12(3)13-8-6-7-9-14-4/h11-13H,5-10H2,1-4H3. The van der Waals surface area contributed by atoms with Crippen LogP contribution in [0.4, 0.5) is 0 Å². The van der Waals surface area contributed by atoms with Crippen LogP contribution in [0.15, 0.2) is 0 Å². The number of methoxy groups -OCH3 is 1. The molecule has 0 aromatic heterocycles. The van der Waals surface area contributed by atoms with Crippen molar-refractivity contribution in [1.29, 1.82) is 0 Å². The van der Waals surface area contributed by atoms with Crippen LogP contribution in [0.25, 0.3) is 0 Å². The van der Waals surface area contributed by atoms with Crippen LogP contribution in [0, 0.1) is 5.92 Å². The van der Waals surface area contributed by atoms with E-state index in [4.69, 9.17) is 4.74 Å². The van der Waals surface area contributed by atoms with Gasteiger partial charge in [0.05, 0.1) is 0 Å². The quantitative estimate of drug-likeness (QED) is 0.579. The number of hydrogen-bond acceptors (Lipinski definition) is 2. The van der Waals surface area contributed by atoms with Crippen molar-refractivity contribution < 1.29 is 4.74 Å². The molecule has 0 heterocycles. The number of nitrogens with one attached hydrogen (secondary N) is 1. The van der Waals surface area contributed by atoms with Crippen molar-refractivity contribution in [3.05, 3.63) is 0 Å². The van der Waals surface area contributed by atoms with Gasteiger partial charge >= 0.3 is 0 Å². The minimum Gasteiger partial charge on any atom is -0.385 e. The average Bonchev–Trinajstić information content (AvgIpc) is 2.17. The zero-order valence-electron chi connectivity index (χ0n) is 10.3. The molecule has 0 aliphatic carbocycles. The molecular weight excluding hydrogens is 174 g/mol. The predicted molar refractivity (Wildman–Crippen MR) is 62.6 cm³/mol. The van der Waals surface area contributed by atoms with Crippen LogP contribution in [0.2, 0.25) is 0 Å². The van der Waals surface area contributed by atoms with Gasteiger partial charge in [-0.05, 0) is 38.6 Å². The molecule has 0 aliphatic heterocycles. The van der Waals surface area contributed by atoms with Crippen LogP contribution in [-0.2, 0) is 4.74 Å². The SMILES string of the molecule is CCC(C)CC(C)NCCCCOC. The van der Waals surface area contributed by atoms with E-state index in [-0.39, 0.29) is 0 Å². The van der Waals surface area contributed by atoms with E-state index in [0.29, 0.717) is 6.04 Å². The lowest BCUT2D eigenvalue weighted by molar-refractivity contribution is 0.192. The molecule has 2 atom stereocenters. The highest BCUT2D eigenvalue weighted by atomic mass is 16.5. The lowest BCUT2D eigenvalue weighted by atomic mass is 10.0. The summed E-state index contributed by atoms with van der Waals surface area (Å²) >= 11 is 0. The maximum absolute atomic E-state index is 5.00. The van der Waals surface area contributed by atoms with Crippen LogP contribution in [-0.4, -0.2) is 26.3 Å². The molecule has 0 fully saturated rings. The minimum absolute atomic E-state index is 0.660. The molecule has 0 bridgehead atoms. The molecule has 2 nitrogen and oxygen atoms in total. The van der Waals surface area contributed by atoms with Crippen molar-refractivity contribution in [2.45, 2.75) is 52.5 Å². The molecule has 2 unspecified atom stereocenters. The first-order chi connectivity index (χ1) is 6.70. The Morgan fingerprint density at radius 2 is 1.93 bits per heavy atom. The Kier molecular flexibility index (Phi) is 9.42. The van der Waals surface area contributed by atoms with Crippen molar-refractivity contribution in [3.63, 3.8) is 0 Å². The Balaban J connectivity index is 3.22. The molecule has 86 valence electrons. The summed E-state index contributed by atoms with van der Waals surface area (Å²) < 4.78 is 5.00. The first-order valence-electron chi connectivity index (χ1n) is 5.93. The topological polar surface area (TPSA) is 21.3 Å². The van der Waals surface area contributed by atoms with Crippen molar-refractivity contribution in [1.82, 2.24) is 5.32 Å². The molecule has 1 N–H and O–H groups in total. The highest BCUT2D eigenvalue weighted by molar-refractivity contribution is 4.64. The summed E-state index contributed by atoms with van der Waals surface area (Å²) in [5.74, 6) is 0.844. The number of ether oxygens (including phenoxy) is 1. The van der Waals surface area contributed by atoms with Gasteiger partial charge in [0, 0.05) is 19.8 Å². The summed E-state index contributed by atoms with van der Waals surface area (Å²) in [6.45, 7) is 8.88. The van der Waals surface area contributed by atoms with Crippen LogP contribution in [0.5, 0.6) is 0 Å². The van der Waals surface area contributed by atoms with Gasteiger partial charge < -0.3 is 10.1 Å². The Bertz CT molecular complexity index is 117. The van der Waals surface area contributed by atoms with Gasteiger partial charge in [0.1, 0.15) is 0 Å². The second-order valence-electron chi connectivity index (χ2n) is 4.30. The third kappa shape index (κ3) is 8.52. The van der Waals surface area contributed by atoms with E-state index in [1.807, 2.05) is 0 Å². The van der Waals surface area contributed by atoms with E-state index < -0.39 is 0 Å². The van der Waals surface area contributed by atoms with Crippen molar-refractivity contribution in [2.75, 3.05) is 20.3 Å². The molecule has 0 radical (unpaired) electrons. The zero-order chi connectivity index (χ0) is 10.8. The maximum atomic E-state index is 5.00. The molecule has 2 heteroatoms. The molecule has 0 aromatic rings. The second-order valence-corrected chi connectivity index (χ2v) is 4.30. The van der Waals surface area contributed by atoms with Crippen molar-refractivity contribution in [2.24, 2.45) is 5.92 Å². The fraction of sp³-hybridized carbons (Fsp3) is 1.00. The van der Waals surface area contributed by atoms with Crippen molar-refractivity contribution in [3.8, 4) is 0 Å². The van der Waals surface area contributed by atoms with Gasteiger partial charge in [0.2, 0.25) is 0 Å². The van der Waals surface area contributed by atoms with Gasteiger partial charge in [-0.15, -0.1) is 0 Å². The number of hydrogen-bond donors (Lipinski definition) is 1. The fourth-order valence-electron chi connectivity index (χ4n) is 1.57. The van der Waals surface area contributed by atoms with Crippen LogP contribution >= 0.6 is 0 Å². The first-order valence-corrected chi connectivity index (χ1v) is 5.93. The lowest BCUT2D eigenvalue weighted by Crippen LogP contribution is -2.28. The maximum Gasteiger partial charge on any atom is 0.0462 e. The van der Waals surface area contributed by atoms with E-state index in [9.17, 15) is 0 Å². The molecular formula is C12H27NO. The lowest BCUT2D eigenvalue weighted by Gasteiger charge is -2.17. The Labute approximate surface area is 89.4 Å². The summed E-state index contributed by atoms with van der Waals surface area (Å²) in [5, 5.41) is 3.55. The Morgan fingerprint density at radius 3 is 2.50 bits per heavy atom. The third-order valence-electron chi connectivity index (χ3n) is 2.72. The van der Waals surface area contributed by atoms with E-state index in [1.165, 1.54) is 25.7 Å². The van der Waals surface area contributed by atoms with Crippen molar-refractivity contribution >= 4 is 0 Å². The predicted octanol–water partition coefficient (Wildman–Crippen LogP) is 2.83. The Hall–Kier alpha value is -0.0800. The molecule has 0 aromatic carbocycles. The average molecular weight is 201 g/mol. The number of rotatable bonds is 9. The summed E-state index contributed by atoms with van der Waals surface area (Å²) in [6.07, 6.45) is 4.97. The summed E-state index contributed by atoms with van der Waals surface area (Å²) in [4.78, 5) is 0. The van der Waals surface area contributed by atoms with Crippen LogP contribution in [0.1, 0.15) is 46.5 Å². The van der Waals surface area contributed by atoms with E-state index >= 15 is 0 Å². The van der Waals surface area contributed by atoms with Gasteiger partial charge in [-0.1, -0.05) is 20.3 Å². The summed E-state index contributed by atoms with van der Waals surface area (Å²) in [5.41, 5.74) is 0. The molecule has 14 heavy (non-hydrogen) atoms. The van der Waals surface area contributed by atoms with E-state index in [0.717, 1.165) is 19.1 Å². The van der Waals surface area contributed by atoms with E-state index in [2.05, 4.69) is 26.1 Å². The Morgan fingerprint density at radius 1 is 1.21 bits per heavy atom. The molecule has 0 saturated carbocycles. The highest BCUT2D eigenvalue weighted by Gasteiger charge is 2.05. The minimum atomic E-state index is 0.660. The van der Waals surface area contributed by atoms with Gasteiger partial charge in [0.25, 0.3) is 0 Å². The molecule has 0 amide bonds. The van der Waals surface area contributed by atoms with E-state index in [1.54, 1.807) is 7.11 Å². The first kappa shape index (κ1) is 13.9. The highest BCUT2D eigenvalue weighted by Crippen LogP contribution is 2.09.